The van der Waals surface area contributed by atoms with E-state index in [9.17, 15) is 9.18 Å². The number of nitrogens with zero attached hydrogens (tertiary/aromatic N) is 4. The van der Waals surface area contributed by atoms with Crippen molar-refractivity contribution in [2.24, 2.45) is 5.41 Å². The lowest BCUT2D eigenvalue weighted by molar-refractivity contribution is -0.00294. The van der Waals surface area contributed by atoms with Crippen LogP contribution in [-0.4, -0.2) is 86.0 Å². The zero-order chi connectivity index (χ0) is 22.1. The third-order valence-electron chi connectivity index (χ3n) is 7.53. The van der Waals surface area contributed by atoms with Gasteiger partial charge in [0.1, 0.15) is 11.6 Å². The quantitative estimate of drug-likeness (QED) is 0.711. The van der Waals surface area contributed by atoms with Gasteiger partial charge in [-0.25, -0.2) is 14.2 Å². The van der Waals surface area contributed by atoms with Gasteiger partial charge in [-0.05, 0) is 44.2 Å². The van der Waals surface area contributed by atoms with E-state index in [1.807, 2.05) is 11.8 Å². The van der Waals surface area contributed by atoms with Crippen LogP contribution in [0.2, 0.25) is 0 Å². The Morgan fingerprint density at radius 3 is 2.84 bits per heavy atom. The monoisotopic (exact) mass is 444 g/mol. The highest BCUT2D eigenvalue weighted by Crippen LogP contribution is 2.47. The minimum atomic E-state index is -0.289. The minimum Gasteiger partial charge on any atom is -0.450 e. The summed E-state index contributed by atoms with van der Waals surface area (Å²) in [5.74, 6) is 0.606. The highest BCUT2D eigenvalue weighted by Gasteiger charge is 2.51. The molecule has 1 atom stereocenters. The second-order valence-electron chi connectivity index (χ2n) is 9.55. The molecule has 1 spiro atoms. The van der Waals surface area contributed by atoms with E-state index >= 15 is 0 Å². The summed E-state index contributed by atoms with van der Waals surface area (Å²) in [6.07, 6.45) is 7.56. The first-order chi connectivity index (χ1) is 15.6. The summed E-state index contributed by atoms with van der Waals surface area (Å²) < 4.78 is 24.6. The molecule has 1 amide bonds. The molecule has 1 aromatic rings. The number of carbonyl (C=O) groups excluding carboxylic acids is 1. The van der Waals surface area contributed by atoms with Gasteiger partial charge in [-0.2, -0.15) is 0 Å². The molecule has 7 nitrogen and oxygen atoms in total. The molecule has 8 heteroatoms. The number of pyridine rings is 1. The Hall–Kier alpha value is -2.19. The summed E-state index contributed by atoms with van der Waals surface area (Å²) >= 11 is 0. The van der Waals surface area contributed by atoms with Crippen LogP contribution in [0.4, 0.5) is 15.0 Å². The molecule has 1 aromatic heterocycles. The highest BCUT2D eigenvalue weighted by atomic mass is 19.1. The summed E-state index contributed by atoms with van der Waals surface area (Å²) in [6.45, 7) is 8.99. The van der Waals surface area contributed by atoms with Crippen LogP contribution in [0.25, 0.3) is 5.57 Å². The number of hydrogen-bond acceptors (Lipinski definition) is 6. The van der Waals surface area contributed by atoms with E-state index in [0.717, 1.165) is 69.1 Å². The molecular weight excluding hydrogens is 411 g/mol. The van der Waals surface area contributed by atoms with Gasteiger partial charge < -0.3 is 19.3 Å². The molecule has 0 radical (unpaired) electrons. The second kappa shape index (κ2) is 8.98. The first-order valence-corrected chi connectivity index (χ1v) is 11.9. The predicted octanol–water partition coefficient (Wildman–Crippen LogP) is 3.16. The average Bonchev–Trinajstić information content (AvgIpc) is 3.25. The average molecular weight is 445 g/mol. The lowest BCUT2D eigenvalue weighted by atomic mass is 9.78. The Morgan fingerprint density at radius 2 is 2.12 bits per heavy atom. The minimum absolute atomic E-state index is 0.169. The van der Waals surface area contributed by atoms with Gasteiger partial charge in [-0.1, -0.05) is 6.08 Å². The van der Waals surface area contributed by atoms with E-state index in [0.29, 0.717) is 25.9 Å². The van der Waals surface area contributed by atoms with Crippen LogP contribution in [0.5, 0.6) is 0 Å². The number of rotatable bonds is 4. The van der Waals surface area contributed by atoms with E-state index in [1.165, 1.54) is 19.0 Å². The largest absolute Gasteiger partial charge is 0.450 e. The Bertz CT molecular complexity index is 878. The van der Waals surface area contributed by atoms with E-state index in [-0.39, 0.29) is 17.3 Å². The molecule has 3 fully saturated rings. The molecule has 0 N–H and O–H groups in total. The van der Waals surface area contributed by atoms with Gasteiger partial charge >= 0.3 is 6.09 Å². The van der Waals surface area contributed by atoms with Crippen molar-refractivity contribution in [2.45, 2.75) is 38.6 Å². The summed E-state index contributed by atoms with van der Waals surface area (Å²) in [5.41, 5.74) is 2.33. The van der Waals surface area contributed by atoms with Gasteiger partial charge in [0, 0.05) is 56.3 Å². The maximum Gasteiger partial charge on any atom is 0.409 e. The van der Waals surface area contributed by atoms with Crippen LogP contribution in [-0.2, 0) is 9.47 Å². The molecule has 1 aliphatic carbocycles. The number of likely N-dealkylation sites (tertiary alicyclic amines) is 1. The van der Waals surface area contributed by atoms with Crippen molar-refractivity contribution in [3.8, 4) is 0 Å². The first-order valence-electron chi connectivity index (χ1n) is 11.9. The van der Waals surface area contributed by atoms with Crippen LogP contribution in [0.3, 0.4) is 0 Å². The number of ether oxygens (including phenoxy) is 2. The number of carbonyl (C=O) groups is 1. The molecule has 0 bridgehead atoms. The zero-order valence-corrected chi connectivity index (χ0v) is 18.9. The lowest BCUT2D eigenvalue weighted by Crippen LogP contribution is -2.58. The van der Waals surface area contributed by atoms with Crippen molar-refractivity contribution in [3.63, 3.8) is 0 Å². The zero-order valence-electron chi connectivity index (χ0n) is 18.9. The normalized spacial score (nSPS) is 25.6. The summed E-state index contributed by atoms with van der Waals surface area (Å²) in [5, 5.41) is 0. The van der Waals surface area contributed by atoms with Crippen LogP contribution in [0.15, 0.2) is 18.3 Å². The number of anilines is 1. The highest BCUT2D eigenvalue weighted by molar-refractivity contribution is 5.75. The Kier molecular flexibility index (Phi) is 6.07. The molecule has 1 saturated carbocycles. The molecule has 0 unspecified atom stereocenters. The van der Waals surface area contributed by atoms with Crippen LogP contribution in [0.1, 0.15) is 38.2 Å². The molecule has 4 heterocycles. The number of hydrogen-bond donors (Lipinski definition) is 0. The Labute approximate surface area is 189 Å². The van der Waals surface area contributed by atoms with Crippen molar-refractivity contribution < 1.29 is 18.7 Å². The molecular formula is C24H33FN4O3. The number of piperazine rings is 1. The van der Waals surface area contributed by atoms with E-state index in [1.54, 1.807) is 6.07 Å². The van der Waals surface area contributed by atoms with Gasteiger partial charge in [-0.15, -0.1) is 0 Å². The van der Waals surface area contributed by atoms with Crippen molar-refractivity contribution in [2.75, 3.05) is 64.0 Å². The summed E-state index contributed by atoms with van der Waals surface area (Å²) in [4.78, 5) is 23.2. The van der Waals surface area contributed by atoms with Gasteiger partial charge in [0.2, 0.25) is 0 Å². The Morgan fingerprint density at radius 1 is 1.31 bits per heavy atom. The molecule has 4 aliphatic rings. The van der Waals surface area contributed by atoms with Crippen LogP contribution >= 0.6 is 0 Å². The van der Waals surface area contributed by atoms with Gasteiger partial charge in [0.25, 0.3) is 0 Å². The fraction of sp³-hybridized carbons (Fsp3) is 0.667. The van der Waals surface area contributed by atoms with E-state index < -0.39 is 0 Å². The predicted molar refractivity (Wildman–Crippen MR) is 120 cm³/mol. The fourth-order valence-electron chi connectivity index (χ4n) is 5.87. The summed E-state index contributed by atoms with van der Waals surface area (Å²) in [6, 6.07) is 2.21. The third-order valence-corrected chi connectivity index (χ3v) is 7.53. The van der Waals surface area contributed by atoms with Crippen LogP contribution < -0.4 is 4.90 Å². The molecule has 3 aliphatic heterocycles. The maximum atomic E-state index is 14.0. The Balaban J connectivity index is 1.18. The van der Waals surface area contributed by atoms with Crippen molar-refractivity contribution >= 4 is 17.5 Å². The smallest absolute Gasteiger partial charge is 0.409 e. The molecule has 32 heavy (non-hydrogen) atoms. The standard InChI is InChI=1S/C24H33FN4O3/c1-2-32-23(30)29-16-24(17-29)6-3-20(14-24)27-7-9-28(10-8-27)22-21(13-19(25)15-26-22)18-4-11-31-12-5-18/h4,13,15,20H,2-3,5-12,14,16-17H2,1H3/t20-/m1/s1. The fourth-order valence-corrected chi connectivity index (χ4v) is 5.87. The molecule has 5 rings (SSSR count). The SMILES string of the molecule is CCOC(=O)N1CC2(CC[C@@H](N3CCN(c4ncc(F)cc4C4=CCOCC4)CC3)C2)C1. The maximum absolute atomic E-state index is 14.0. The molecule has 2 saturated heterocycles. The van der Waals surface area contributed by atoms with Crippen molar-refractivity contribution in [1.82, 2.24) is 14.8 Å². The van der Waals surface area contributed by atoms with Crippen molar-refractivity contribution in [1.29, 1.82) is 0 Å². The van der Waals surface area contributed by atoms with Gasteiger partial charge in [0.15, 0.2) is 0 Å². The lowest BCUT2D eigenvalue weighted by Gasteiger charge is -2.48. The number of halogens is 1. The first kappa shape index (κ1) is 21.6. The number of aromatic nitrogens is 1. The topological polar surface area (TPSA) is 58.1 Å². The molecule has 0 aromatic carbocycles. The second-order valence-corrected chi connectivity index (χ2v) is 9.55. The van der Waals surface area contributed by atoms with E-state index in [4.69, 9.17) is 9.47 Å². The summed E-state index contributed by atoms with van der Waals surface area (Å²) in [7, 11) is 0. The van der Waals surface area contributed by atoms with Crippen molar-refractivity contribution in [3.05, 3.63) is 29.7 Å². The van der Waals surface area contributed by atoms with Gasteiger partial charge in [0.05, 0.1) is 26.0 Å². The number of amides is 1. The van der Waals surface area contributed by atoms with Crippen LogP contribution in [0, 0.1) is 11.2 Å². The van der Waals surface area contributed by atoms with E-state index in [2.05, 4.69) is 20.9 Å². The molecule has 174 valence electrons. The van der Waals surface area contributed by atoms with Gasteiger partial charge in [-0.3, -0.25) is 4.90 Å². The third kappa shape index (κ3) is 4.22.